The van der Waals surface area contributed by atoms with Crippen molar-refractivity contribution in [3.63, 3.8) is 0 Å². The molecule has 0 aliphatic rings. The summed E-state index contributed by atoms with van der Waals surface area (Å²) in [5, 5.41) is 10.5. The molecule has 5 nitrogen and oxygen atoms in total. The smallest absolute Gasteiger partial charge is 0.313 e. The topological polar surface area (TPSA) is 76.0 Å². The van der Waals surface area contributed by atoms with E-state index in [2.05, 4.69) is 9.89 Å². The summed E-state index contributed by atoms with van der Waals surface area (Å²) in [6, 6.07) is 0. The first-order valence-electron chi connectivity index (χ1n) is 2.97. The van der Waals surface area contributed by atoms with Crippen molar-refractivity contribution in [2.45, 2.75) is 13.3 Å². The van der Waals surface area contributed by atoms with Crippen LogP contribution in [-0.4, -0.2) is 29.8 Å². The first kappa shape index (κ1) is 9.61. The highest BCUT2D eigenvalue weighted by Crippen LogP contribution is 1.86. The summed E-state index contributed by atoms with van der Waals surface area (Å²) in [6.45, 7) is 1.18. The number of carbonyl (C=O) groups is 2. The Hall–Kier alpha value is -1.39. The van der Waals surface area contributed by atoms with Gasteiger partial charge in [0.1, 0.15) is 18.8 Å². The van der Waals surface area contributed by atoms with Crippen LogP contribution in [0, 0.1) is 0 Å². The number of ether oxygens (including phenoxy) is 1. The highest BCUT2D eigenvalue weighted by Gasteiger charge is 2.04. The maximum absolute atomic E-state index is 10.5. The zero-order valence-electron chi connectivity index (χ0n) is 6.11. The van der Waals surface area contributed by atoms with Gasteiger partial charge in [0.15, 0.2) is 0 Å². The highest BCUT2D eigenvalue weighted by molar-refractivity contribution is 5.94. The molecule has 0 aromatic heterocycles. The molecule has 0 radical (unpaired) electrons. The molecule has 0 atom stereocenters. The SMILES string of the molecule is CC(=O)CC(=O)OCC=NO. The fraction of sp³-hybridized carbons (Fsp3) is 0.500. The third kappa shape index (κ3) is 6.50. The van der Waals surface area contributed by atoms with Gasteiger partial charge >= 0.3 is 5.97 Å². The van der Waals surface area contributed by atoms with Gasteiger partial charge in [0.05, 0.1) is 6.21 Å². The minimum atomic E-state index is -0.614. The van der Waals surface area contributed by atoms with Gasteiger partial charge in [-0.3, -0.25) is 9.59 Å². The molecule has 0 aromatic carbocycles. The summed E-state index contributed by atoms with van der Waals surface area (Å²) in [4.78, 5) is 20.8. The Bertz CT molecular complexity index is 175. The number of carbonyl (C=O) groups excluding carboxylic acids is 2. The van der Waals surface area contributed by atoms with Crippen molar-refractivity contribution in [3.05, 3.63) is 0 Å². The fourth-order valence-corrected chi connectivity index (χ4v) is 0.418. The van der Waals surface area contributed by atoms with E-state index in [4.69, 9.17) is 5.21 Å². The van der Waals surface area contributed by atoms with Crippen LogP contribution in [0.5, 0.6) is 0 Å². The van der Waals surface area contributed by atoms with E-state index in [1.165, 1.54) is 6.92 Å². The molecule has 0 aliphatic heterocycles. The van der Waals surface area contributed by atoms with Gasteiger partial charge in [-0.05, 0) is 6.92 Å². The van der Waals surface area contributed by atoms with Crippen LogP contribution in [0.4, 0.5) is 0 Å². The molecule has 0 unspecified atom stereocenters. The largest absolute Gasteiger partial charge is 0.459 e. The Balaban J connectivity index is 3.45. The van der Waals surface area contributed by atoms with Gasteiger partial charge in [0, 0.05) is 0 Å². The second-order valence-electron chi connectivity index (χ2n) is 1.86. The van der Waals surface area contributed by atoms with Crippen LogP contribution >= 0.6 is 0 Å². The van der Waals surface area contributed by atoms with Gasteiger partial charge in [-0.15, -0.1) is 0 Å². The summed E-state index contributed by atoms with van der Waals surface area (Å²) >= 11 is 0. The van der Waals surface area contributed by atoms with E-state index in [9.17, 15) is 9.59 Å². The predicted octanol–water partition coefficient (Wildman–Crippen LogP) is -0.0313. The molecular weight excluding hydrogens is 150 g/mol. The molecule has 0 aliphatic carbocycles. The van der Waals surface area contributed by atoms with Crippen molar-refractivity contribution in [3.8, 4) is 0 Å². The molecule has 0 saturated heterocycles. The van der Waals surface area contributed by atoms with Gasteiger partial charge in [0.2, 0.25) is 0 Å². The van der Waals surface area contributed by atoms with Crippen LogP contribution in [0.2, 0.25) is 0 Å². The Morgan fingerprint density at radius 1 is 1.64 bits per heavy atom. The Morgan fingerprint density at radius 2 is 2.27 bits per heavy atom. The normalized spacial score (nSPS) is 9.91. The van der Waals surface area contributed by atoms with Crippen LogP contribution < -0.4 is 0 Å². The molecular formula is C6H9NO4. The lowest BCUT2D eigenvalue weighted by molar-refractivity contribution is -0.144. The predicted molar refractivity (Wildman–Crippen MR) is 36.5 cm³/mol. The van der Waals surface area contributed by atoms with Gasteiger partial charge in [-0.2, -0.15) is 0 Å². The number of hydrogen-bond acceptors (Lipinski definition) is 5. The summed E-state index contributed by atoms with van der Waals surface area (Å²) in [6.07, 6.45) is 0.775. The molecule has 62 valence electrons. The average molecular weight is 159 g/mol. The van der Waals surface area contributed by atoms with Gasteiger partial charge in [-0.25, -0.2) is 0 Å². The minimum absolute atomic E-state index is 0.109. The first-order valence-corrected chi connectivity index (χ1v) is 2.97. The second-order valence-corrected chi connectivity index (χ2v) is 1.86. The molecule has 0 rings (SSSR count). The molecule has 0 amide bonds. The standard InChI is InChI=1S/C6H9NO4/c1-5(8)4-6(9)11-3-2-7-10/h2,10H,3-4H2,1H3. The zero-order chi connectivity index (χ0) is 8.69. The Morgan fingerprint density at radius 3 is 2.73 bits per heavy atom. The Labute approximate surface area is 63.6 Å². The van der Waals surface area contributed by atoms with Gasteiger partial charge in [0.25, 0.3) is 0 Å². The van der Waals surface area contributed by atoms with Crippen LogP contribution in [0.15, 0.2) is 5.16 Å². The first-order chi connectivity index (χ1) is 5.16. The van der Waals surface area contributed by atoms with E-state index < -0.39 is 5.97 Å². The maximum Gasteiger partial charge on any atom is 0.313 e. The molecule has 11 heavy (non-hydrogen) atoms. The Kier molecular flexibility index (Phi) is 4.72. The van der Waals surface area contributed by atoms with Crippen molar-refractivity contribution in [2.75, 3.05) is 6.61 Å². The van der Waals surface area contributed by atoms with E-state index >= 15 is 0 Å². The number of ketones is 1. The second kappa shape index (κ2) is 5.40. The molecule has 0 heterocycles. The molecule has 0 bridgehead atoms. The number of esters is 1. The number of rotatable bonds is 4. The highest BCUT2D eigenvalue weighted by atomic mass is 16.5. The third-order valence-corrected chi connectivity index (χ3v) is 0.794. The van der Waals surface area contributed by atoms with Crippen molar-refractivity contribution < 1.29 is 19.5 Å². The molecule has 0 saturated carbocycles. The number of hydrogen-bond donors (Lipinski definition) is 1. The van der Waals surface area contributed by atoms with Crippen LogP contribution in [0.3, 0.4) is 0 Å². The van der Waals surface area contributed by atoms with E-state index in [1.807, 2.05) is 0 Å². The number of Topliss-reactive ketones (excluding diaryl/α,β-unsaturated/α-hetero) is 1. The fourth-order valence-electron chi connectivity index (χ4n) is 0.418. The van der Waals surface area contributed by atoms with Crippen LogP contribution in [-0.2, 0) is 14.3 Å². The van der Waals surface area contributed by atoms with E-state index in [0.29, 0.717) is 0 Å². The number of oxime groups is 1. The molecule has 0 fully saturated rings. The zero-order valence-corrected chi connectivity index (χ0v) is 6.11. The summed E-state index contributed by atoms with van der Waals surface area (Å²) in [7, 11) is 0. The van der Waals surface area contributed by atoms with Crippen LogP contribution in [0.1, 0.15) is 13.3 Å². The van der Waals surface area contributed by atoms with E-state index in [0.717, 1.165) is 6.21 Å². The van der Waals surface area contributed by atoms with Crippen LogP contribution in [0.25, 0.3) is 0 Å². The minimum Gasteiger partial charge on any atom is -0.459 e. The summed E-state index contributed by atoms with van der Waals surface area (Å²) in [5.41, 5.74) is 0. The summed E-state index contributed by atoms with van der Waals surface area (Å²) in [5.74, 6) is -0.867. The van der Waals surface area contributed by atoms with Crippen molar-refractivity contribution in [2.24, 2.45) is 5.16 Å². The quantitative estimate of drug-likeness (QED) is 0.205. The lowest BCUT2D eigenvalue weighted by atomic mass is 10.3. The molecule has 0 spiro atoms. The monoisotopic (exact) mass is 159 g/mol. The lowest BCUT2D eigenvalue weighted by Crippen LogP contribution is -2.10. The van der Waals surface area contributed by atoms with Crippen molar-refractivity contribution >= 4 is 18.0 Å². The molecule has 0 aromatic rings. The third-order valence-electron chi connectivity index (χ3n) is 0.794. The summed E-state index contributed by atoms with van der Waals surface area (Å²) < 4.78 is 4.42. The maximum atomic E-state index is 10.5. The van der Waals surface area contributed by atoms with E-state index in [-0.39, 0.29) is 18.8 Å². The molecule has 5 heteroatoms. The molecule has 1 N–H and O–H groups in total. The average Bonchev–Trinajstić information content (AvgIpc) is 1.86. The lowest BCUT2D eigenvalue weighted by Gasteiger charge is -1.96. The van der Waals surface area contributed by atoms with Gasteiger partial charge < -0.3 is 9.94 Å². The van der Waals surface area contributed by atoms with Crippen molar-refractivity contribution in [1.82, 2.24) is 0 Å². The van der Waals surface area contributed by atoms with Gasteiger partial charge in [-0.1, -0.05) is 5.16 Å². The number of nitrogens with zero attached hydrogens (tertiary/aromatic N) is 1. The van der Waals surface area contributed by atoms with Crippen molar-refractivity contribution in [1.29, 1.82) is 0 Å². The van der Waals surface area contributed by atoms with E-state index in [1.54, 1.807) is 0 Å².